The van der Waals surface area contributed by atoms with E-state index in [4.69, 9.17) is 4.74 Å². The Hall–Kier alpha value is -1.77. The Balaban J connectivity index is 3.02. The van der Waals surface area contributed by atoms with Crippen LogP contribution in [0.2, 0.25) is 0 Å². The van der Waals surface area contributed by atoms with Crippen LogP contribution < -0.4 is 4.74 Å². The van der Waals surface area contributed by atoms with Crippen LogP contribution in [0.4, 0.5) is 0 Å². The van der Waals surface area contributed by atoms with Crippen molar-refractivity contribution in [3.05, 3.63) is 35.4 Å². The number of benzene rings is 1. The molecule has 3 nitrogen and oxygen atoms in total. The van der Waals surface area contributed by atoms with Gasteiger partial charge < -0.3 is 9.84 Å². The molecule has 0 unspecified atom stereocenters. The van der Waals surface area contributed by atoms with E-state index in [2.05, 4.69) is 6.58 Å². The van der Waals surface area contributed by atoms with Gasteiger partial charge in [-0.2, -0.15) is 0 Å². The van der Waals surface area contributed by atoms with Crippen molar-refractivity contribution in [3.8, 4) is 11.5 Å². The normalized spacial score (nSPS) is 9.80. The number of carbonyl (C=O) groups excluding carboxylic acids is 1. The molecule has 0 spiro atoms. The van der Waals surface area contributed by atoms with Crippen LogP contribution in [0, 0.1) is 13.8 Å². The third kappa shape index (κ3) is 2.37. The predicted octanol–water partition coefficient (Wildman–Crippen LogP) is 2.49. The Morgan fingerprint density at radius 1 is 1.33 bits per heavy atom. The molecule has 0 saturated carbocycles. The van der Waals surface area contributed by atoms with Crippen LogP contribution in [-0.4, -0.2) is 11.1 Å². The molecule has 1 aromatic carbocycles. The van der Waals surface area contributed by atoms with Gasteiger partial charge in [0, 0.05) is 5.57 Å². The molecule has 0 fully saturated rings. The molecule has 1 rings (SSSR count). The first-order valence-corrected chi connectivity index (χ1v) is 4.60. The molecule has 0 atom stereocenters. The van der Waals surface area contributed by atoms with Crippen molar-refractivity contribution in [3.63, 3.8) is 0 Å². The van der Waals surface area contributed by atoms with E-state index >= 15 is 0 Å². The van der Waals surface area contributed by atoms with Crippen LogP contribution in [0.5, 0.6) is 11.5 Å². The van der Waals surface area contributed by atoms with Gasteiger partial charge in [-0.3, -0.25) is 0 Å². The lowest BCUT2D eigenvalue weighted by atomic mass is 10.1. The fourth-order valence-electron chi connectivity index (χ4n) is 1.08. The van der Waals surface area contributed by atoms with Crippen molar-refractivity contribution in [1.82, 2.24) is 0 Å². The summed E-state index contributed by atoms with van der Waals surface area (Å²) in [7, 11) is 0. The Morgan fingerprint density at radius 3 is 2.47 bits per heavy atom. The largest absolute Gasteiger partial charge is 0.508 e. The first-order chi connectivity index (χ1) is 6.93. The van der Waals surface area contributed by atoms with Gasteiger partial charge in [0.25, 0.3) is 0 Å². The van der Waals surface area contributed by atoms with E-state index in [0.29, 0.717) is 16.9 Å². The highest BCUT2D eigenvalue weighted by molar-refractivity contribution is 5.89. The zero-order chi connectivity index (χ0) is 11.6. The average molecular weight is 206 g/mol. The molecule has 0 amide bonds. The standard InChI is InChI=1S/C12H14O3/c1-7(2)12(14)15-11-6-5-10(13)8(3)9(11)4/h5-6,13H,1H2,2-4H3. The van der Waals surface area contributed by atoms with Crippen molar-refractivity contribution in [1.29, 1.82) is 0 Å². The first-order valence-electron chi connectivity index (χ1n) is 4.60. The second-order valence-corrected chi connectivity index (χ2v) is 3.50. The summed E-state index contributed by atoms with van der Waals surface area (Å²) in [5.41, 5.74) is 1.81. The van der Waals surface area contributed by atoms with Gasteiger partial charge >= 0.3 is 5.97 Å². The zero-order valence-electron chi connectivity index (χ0n) is 9.13. The number of hydrogen-bond acceptors (Lipinski definition) is 3. The highest BCUT2D eigenvalue weighted by atomic mass is 16.5. The average Bonchev–Trinajstić information content (AvgIpc) is 2.18. The monoisotopic (exact) mass is 206 g/mol. The van der Waals surface area contributed by atoms with Gasteiger partial charge in [-0.05, 0) is 44.0 Å². The van der Waals surface area contributed by atoms with E-state index in [1.165, 1.54) is 6.07 Å². The minimum absolute atomic E-state index is 0.197. The minimum atomic E-state index is -0.455. The summed E-state index contributed by atoms with van der Waals surface area (Å²) in [6.45, 7) is 8.64. The van der Waals surface area contributed by atoms with E-state index in [9.17, 15) is 9.90 Å². The molecular weight excluding hydrogens is 192 g/mol. The highest BCUT2D eigenvalue weighted by Crippen LogP contribution is 2.28. The van der Waals surface area contributed by atoms with Gasteiger partial charge in [-0.1, -0.05) is 6.58 Å². The molecule has 80 valence electrons. The lowest BCUT2D eigenvalue weighted by molar-refractivity contribution is -0.130. The Morgan fingerprint density at radius 2 is 1.93 bits per heavy atom. The summed E-state index contributed by atoms with van der Waals surface area (Å²) in [6.07, 6.45) is 0. The molecule has 0 aliphatic heterocycles. The van der Waals surface area contributed by atoms with E-state index in [-0.39, 0.29) is 5.75 Å². The molecule has 1 aromatic rings. The fraction of sp³-hybridized carbons (Fsp3) is 0.250. The number of phenolic OH excluding ortho intramolecular Hbond substituents is 1. The Kier molecular flexibility index (Phi) is 3.14. The number of esters is 1. The number of phenols is 1. The van der Waals surface area contributed by atoms with Crippen LogP contribution in [-0.2, 0) is 4.79 Å². The summed E-state index contributed by atoms with van der Waals surface area (Å²) in [5, 5.41) is 9.41. The quantitative estimate of drug-likeness (QED) is 0.459. The summed E-state index contributed by atoms with van der Waals surface area (Å²) in [5.74, 6) is 0.198. The van der Waals surface area contributed by atoms with Gasteiger partial charge in [0.1, 0.15) is 11.5 Å². The van der Waals surface area contributed by atoms with Gasteiger partial charge in [0.15, 0.2) is 0 Å². The molecule has 0 bridgehead atoms. The predicted molar refractivity (Wildman–Crippen MR) is 58.0 cm³/mol. The summed E-state index contributed by atoms with van der Waals surface area (Å²) in [6, 6.07) is 3.07. The minimum Gasteiger partial charge on any atom is -0.508 e. The van der Waals surface area contributed by atoms with Gasteiger partial charge in [0.2, 0.25) is 0 Å². The van der Waals surface area contributed by atoms with E-state index in [1.807, 2.05) is 0 Å². The second kappa shape index (κ2) is 4.17. The van der Waals surface area contributed by atoms with Gasteiger partial charge in [-0.15, -0.1) is 0 Å². The van der Waals surface area contributed by atoms with Crippen LogP contribution in [0.25, 0.3) is 0 Å². The number of aromatic hydroxyl groups is 1. The Bertz CT molecular complexity index is 419. The Labute approximate surface area is 89.0 Å². The maximum atomic E-state index is 11.3. The first kappa shape index (κ1) is 11.3. The molecule has 1 N–H and O–H groups in total. The summed E-state index contributed by atoms with van der Waals surface area (Å²) >= 11 is 0. The maximum Gasteiger partial charge on any atom is 0.338 e. The highest BCUT2D eigenvalue weighted by Gasteiger charge is 2.10. The maximum absolute atomic E-state index is 11.3. The van der Waals surface area contributed by atoms with E-state index < -0.39 is 5.97 Å². The number of ether oxygens (including phenoxy) is 1. The molecule has 0 saturated heterocycles. The van der Waals surface area contributed by atoms with Crippen LogP contribution >= 0.6 is 0 Å². The van der Waals surface area contributed by atoms with Crippen molar-refractivity contribution in [2.24, 2.45) is 0 Å². The second-order valence-electron chi connectivity index (χ2n) is 3.50. The number of carbonyl (C=O) groups is 1. The lowest BCUT2D eigenvalue weighted by Crippen LogP contribution is -2.09. The molecule has 0 radical (unpaired) electrons. The van der Waals surface area contributed by atoms with Gasteiger partial charge in [-0.25, -0.2) is 4.79 Å². The lowest BCUT2D eigenvalue weighted by Gasteiger charge is -2.10. The van der Waals surface area contributed by atoms with Gasteiger partial charge in [0.05, 0.1) is 0 Å². The topological polar surface area (TPSA) is 46.5 Å². The van der Waals surface area contributed by atoms with Crippen LogP contribution in [0.3, 0.4) is 0 Å². The third-order valence-corrected chi connectivity index (χ3v) is 2.26. The van der Waals surface area contributed by atoms with Crippen molar-refractivity contribution in [2.75, 3.05) is 0 Å². The van der Waals surface area contributed by atoms with Crippen molar-refractivity contribution < 1.29 is 14.6 Å². The molecule has 0 aliphatic carbocycles. The van der Waals surface area contributed by atoms with Crippen molar-refractivity contribution >= 4 is 5.97 Å². The molecule has 15 heavy (non-hydrogen) atoms. The number of rotatable bonds is 2. The molecule has 3 heteroatoms. The van der Waals surface area contributed by atoms with Crippen molar-refractivity contribution in [2.45, 2.75) is 20.8 Å². The fourth-order valence-corrected chi connectivity index (χ4v) is 1.08. The van der Waals surface area contributed by atoms with E-state index in [0.717, 1.165) is 5.56 Å². The third-order valence-electron chi connectivity index (χ3n) is 2.26. The molecule has 0 aromatic heterocycles. The zero-order valence-corrected chi connectivity index (χ0v) is 9.13. The summed E-state index contributed by atoms with van der Waals surface area (Å²) < 4.78 is 5.09. The van der Waals surface area contributed by atoms with Crippen LogP contribution in [0.15, 0.2) is 24.3 Å². The molecule has 0 heterocycles. The number of hydrogen-bond donors (Lipinski definition) is 1. The SMILES string of the molecule is C=C(C)C(=O)Oc1ccc(O)c(C)c1C. The van der Waals surface area contributed by atoms with E-state index in [1.54, 1.807) is 26.8 Å². The molecular formula is C12H14O3. The summed E-state index contributed by atoms with van der Waals surface area (Å²) in [4.78, 5) is 11.3. The van der Waals surface area contributed by atoms with Crippen LogP contribution in [0.1, 0.15) is 18.1 Å². The molecule has 0 aliphatic rings. The smallest absolute Gasteiger partial charge is 0.338 e.